The van der Waals surface area contributed by atoms with Crippen LogP contribution >= 0.6 is 11.8 Å². The second-order valence-corrected chi connectivity index (χ2v) is 7.78. The Balaban J connectivity index is 1.33. The summed E-state index contributed by atoms with van der Waals surface area (Å²) in [5.41, 5.74) is 0.539. The van der Waals surface area contributed by atoms with Crippen molar-refractivity contribution in [3.05, 3.63) is 60.2 Å². The van der Waals surface area contributed by atoms with Gasteiger partial charge in [-0.05, 0) is 36.4 Å². The van der Waals surface area contributed by atoms with Crippen LogP contribution in [-0.4, -0.2) is 45.5 Å². The van der Waals surface area contributed by atoms with Crippen molar-refractivity contribution in [1.29, 1.82) is 0 Å². The van der Waals surface area contributed by atoms with Gasteiger partial charge in [-0.2, -0.15) is 0 Å². The Labute approximate surface area is 144 Å². The number of carbonyl (C=O) groups excluding carboxylic acids is 1. The van der Waals surface area contributed by atoms with Crippen molar-refractivity contribution < 1.29 is 13.9 Å². The molecule has 3 heterocycles. The molecule has 4 nitrogen and oxygen atoms in total. The fourth-order valence-electron chi connectivity index (χ4n) is 3.28. The molecule has 2 aliphatic rings. The van der Waals surface area contributed by atoms with Crippen LogP contribution in [0.4, 0.5) is 4.39 Å². The molecule has 0 bridgehead atoms. The van der Waals surface area contributed by atoms with E-state index in [1.807, 2.05) is 28.8 Å². The average molecular weight is 344 g/mol. The van der Waals surface area contributed by atoms with Crippen molar-refractivity contribution in [3.63, 3.8) is 0 Å². The largest absolute Gasteiger partial charge is 0.488 e. The minimum absolute atomic E-state index is 0.0298. The number of likely N-dealkylation sites (tertiary alicyclic amines) is 1. The Kier molecular flexibility index (Phi) is 3.92. The van der Waals surface area contributed by atoms with E-state index in [-0.39, 0.29) is 22.6 Å². The second-order valence-electron chi connectivity index (χ2n) is 6.29. The number of aromatic nitrogens is 1. The van der Waals surface area contributed by atoms with Crippen LogP contribution < -0.4 is 4.74 Å². The third kappa shape index (κ3) is 2.98. The number of amides is 1. The fourth-order valence-corrected chi connectivity index (χ4v) is 4.80. The number of benzene rings is 1. The predicted molar refractivity (Wildman–Crippen MR) is 90.8 cm³/mol. The molecule has 2 aliphatic heterocycles. The van der Waals surface area contributed by atoms with Crippen molar-refractivity contribution in [1.82, 2.24) is 9.88 Å². The van der Waals surface area contributed by atoms with Crippen LogP contribution in [0.2, 0.25) is 0 Å². The summed E-state index contributed by atoms with van der Waals surface area (Å²) in [6, 6.07) is 9.50. The Hall–Kier alpha value is -2.08. The van der Waals surface area contributed by atoms with E-state index in [9.17, 15) is 9.18 Å². The van der Waals surface area contributed by atoms with Gasteiger partial charge in [-0.3, -0.25) is 9.78 Å². The summed E-state index contributed by atoms with van der Waals surface area (Å²) < 4.78 is 19.0. The summed E-state index contributed by atoms with van der Waals surface area (Å²) in [4.78, 5) is 18.3. The Bertz CT molecular complexity index is 732. The summed E-state index contributed by atoms with van der Waals surface area (Å²) in [7, 11) is 0. The van der Waals surface area contributed by atoms with Gasteiger partial charge in [-0.15, -0.1) is 11.8 Å². The fraction of sp³-hybridized carbons (Fsp3) is 0.333. The zero-order valence-electron chi connectivity index (χ0n) is 13.0. The molecule has 24 heavy (non-hydrogen) atoms. The van der Waals surface area contributed by atoms with E-state index < -0.39 is 0 Å². The molecule has 2 fully saturated rings. The van der Waals surface area contributed by atoms with Crippen LogP contribution in [0.15, 0.2) is 48.8 Å². The molecule has 0 unspecified atom stereocenters. The molecule has 1 atom stereocenters. The van der Waals surface area contributed by atoms with E-state index >= 15 is 0 Å². The number of thioether (sulfide) groups is 1. The first-order valence-corrected chi connectivity index (χ1v) is 8.88. The highest BCUT2D eigenvalue weighted by Gasteiger charge is 2.51. The molecule has 2 saturated heterocycles. The maximum Gasteiger partial charge on any atom is 0.253 e. The van der Waals surface area contributed by atoms with Crippen molar-refractivity contribution >= 4 is 17.7 Å². The first kappa shape index (κ1) is 15.4. The average Bonchev–Trinajstić information content (AvgIpc) is 2.99. The summed E-state index contributed by atoms with van der Waals surface area (Å²) in [6.45, 7) is 1.45. The molecule has 2 aromatic rings. The smallest absolute Gasteiger partial charge is 0.253 e. The SMILES string of the molecule is O=C(c1ccc(F)cc1)N1CC2(C[C@H](Oc3cccnc3)CS2)C1. The lowest BCUT2D eigenvalue weighted by atomic mass is 9.92. The van der Waals surface area contributed by atoms with Crippen molar-refractivity contribution in [3.8, 4) is 5.75 Å². The normalized spacial score (nSPS) is 21.5. The molecule has 1 spiro atoms. The van der Waals surface area contributed by atoms with E-state index in [1.165, 1.54) is 12.1 Å². The monoisotopic (exact) mass is 344 g/mol. The molecule has 6 heteroatoms. The molecule has 1 amide bonds. The van der Waals surface area contributed by atoms with E-state index in [0.717, 1.165) is 31.0 Å². The van der Waals surface area contributed by atoms with Gasteiger partial charge in [0.05, 0.1) is 10.9 Å². The van der Waals surface area contributed by atoms with E-state index in [0.29, 0.717) is 5.56 Å². The van der Waals surface area contributed by atoms with Crippen molar-refractivity contribution in [2.24, 2.45) is 0 Å². The standard InChI is InChI=1S/C18H17FN2O2S/c19-14-5-3-13(4-6-14)17(22)21-11-18(12-21)8-16(10-24-18)23-15-2-1-7-20-9-15/h1-7,9,16H,8,10-12H2/t16-/m0/s1. The zero-order chi connectivity index (χ0) is 16.6. The highest BCUT2D eigenvalue weighted by atomic mass is 32.2. The first-order valence-electron chi connectivity index (χ1n) is 7.89. The van der Waals surface area contributed by atoms with Crippen LogP contribution in [0.5, 0.6) is 5.75 Å². The molecule has 0 aliphatic carbocycles. The predicted octanol–water partition coefficient (Wildman–Crippen LogP) is 3.00. The van der Waals surface area contributed by atoms with E-state index in [1.54, 1.807) is 24.5 Å². The minimum atomic E-state index is -0.326. The number of carbonyl (C=O) groups is 1. The first-order chi connectivity index (χ1) is 11.6. The van der Waals surface area contributed by atoms with Crippen LogP contribution in [0.25, 0.3) is 0 Å². The molecule has 0 radical (unpaired) electrons. The summed E-state index contributed by atoms with van der Waals surface area (Å²) in [6.07, 6.45) is 4.53. The van der Waals surface area contributed by atoms with Crippen molar-refractivity contribution in [2.75, 3.05) is 18.8 Å². The van der Waals surface area contributed by atoms with Gasteiger partial charge < -0.3 is 9.64 Å². The highest BCUT2D eigenvalue weighted by molar-refractivity contribution is 8.01. The molecule has 0 N–H and O–H groups in total. The summed E-state index contributed by atoms with van der Waals surface area (Å²) >= 11 is 1.88. The number of nitrogens with zero attached hydrogens (tertiary/aromatic N) is 2. The third-order valence-electron chi connectivity index (χ3n) is 4.45. The van der Waals surface area contributed by atoms with E-state index in [4.69, 9.17) is 4.74 Å². The molecular formula is C18H17FN2O2S. The van der Waals surface area contributed by atoms with Gasteiger partial charge in [-0.1, -0.05) is 0 Å². The summed E-state index contributed by atoms with van der Waals surface area (Å²) in [5, 5.41) is 0. The Morgan fingerprint density at radius 1 is 1.29 bits per heavy atom. The molecule has 124 valence electrons. The number of pyridine rings is 1. The minimum Gasteiger partial charge on any atom is -0.488 e. The van der Waals surface area contributed by atoms with Gasteiger partial charge in [0.25, 0.3) is 5.91 Å². The number of halogens is 1. The van der Waals surface area contributed by atoms with Crippen LogP contribution in [0.1, 0.15) is 16.8 Å². The maximum atomic E-state index is 13.0. The third-order valence-corrected chi connectivity index (χ3v) is 6.02. The lowest BCUT2D eigenvalue weighted by Crippen LogP contribution is -2.60. The van der Waals surface area contributed by atoms with Crippen molar-refractivity contribution in [2.45, 2.75) is 17.3 Å². The molecule has 4 rings (SSSR count). The van der Waals surface area contributed by atoms with Crippen LogP contribution in [0, 0.1) is 5.82 Å². The summed E-state index contributed by atoms with van der Waals surface area (Å²) in [5.74, 6) is 1.36. The highest BCUT2D eigenvalue weighted by Crippen LogP contribution is 2.46. The van der Waals surface area contributed by atoms with Gasteiger partial charge >= 0.3 is 0 Å². The zero-order valence-corrected chi connectivity index (χ0v) is 13.8. The second kappa shape index (κ2) is 6.09. The van der Waals surface area contributed by atoms with Gasteiger partial charge in [0.1, 0.15) is 17.7 Å². The molecule has 1 aromatic carbocycles. The molecular weight excluding hydrogens is 327 g/mol. The molecule has 0 saturated carbocycles. The number of hydrogen-bond donors (Lipinski definition) is 0. The van der Waals surface area contributed by atoms with Gasteiger partial charge in [0.2, 0.25) is 0 Å². The number of ether oxygens (including phenoxy) is 1. The Morgan fingerprint density at radius 3 is 2.79 bits per heavy atom. The Morgan fingerprint density at radius 2 is 2.08 bits per heavy atom. The lowest BCUT2D eigenvalue weighted by Gasteiger charge is -2.47. The van der Waals surface area contributed by atoms with Gasteiger partial charge in [0, 0.05) is 37.0 Å². The topological polar surface area (TPSA) is 42.4 Å². The molecule has 1 aromatic heterocycles. The van der Waals surface area contributed by atoms with Crippen LogP contribution in [-0.2, 0) is 0 Å². The lowest BCUT2D eigenvalue weighted by molar-refractivity contribution is 0.0518. The van der Waals surface area contributed by atoms with E-state index in [2.05, 4.69) is 4.98 Å². The number of rotatable bonds is 3. The maximum absolute atomic E-state index is 13.0. The quantitative estimate of drug-likeness (QED) is 0.858. The number of hydrogen-bond acceptors (Lipinski definition) is 4. The van der Waals surface area contributed by atoms with Gasteiger partial charge in [0.15, 0.2) is 0 Å². The van der Waals surface area contributed by atoms with Gasteiger partial charge in [-0.25, -0.2) is 4.39 Å². The van der Waals surface area contributed by atoms with Crippen LogP contribution in [0.3, 0.4) is 0 Å².